The largest absolute Gasteiger partial charge is 0.323 e. The number of aromatic nitrogens is 2. The van der Waals surface area contributed by atoms with Gasteiger partial charge in [-0.25, -0.2) is 4.98 Å². The monoisotopic (exact) mass is 203 g/mol. The molecule has 2 aromatic heterocycles. The van der Waals surface area contributed by atoms with Gasteiger partial charge in [0.1, 0.15) is 0 Å². The Morgan fingerprint density at radius 3 is 3.00 bits per heavy atom. The van der Waals surface area contributed by atoms with E-state index in [0.29, 0.717) is 0 Å². The van der Waals surface area contributed by atoms with Crippen LogP contribution in [0.25, 0.3) is 5.65 Å². The van der Waals surface area contributed by atoms with Crippen molar-refractivity contribution in [2.45, 2.75) is 13.8 Å². The molecule has 2 heterocycles. The number of nitrogens with zero attached hydrogens (tertiary/aromatic N) is 2. The molecule has 0 unspecified atom stereocenters. The Kier molecular flexibility index (Phi) is 2.41. The Balaban J connectivity index is 2.35. The fourth-order valence-corrected chi connectivity index (χ4v) is 1.32. The van der Waals surface area contributed by atoms with Gasteiger partial charge in [0.05, 0.1) is 5.69 Å². The van der Waals surface area contributed by atoms with Gasteiger partial charge in [0.25, 0.3) is 0 Å². The zero-order valence-corrected chi connectivity index (χ0v) is 8.77. The number of pyridine rings is 1. The van der Waals surface area contributed by atoms with E-state index in [0.717, 1.165) is 11.3 Å². The van der Waals surface area contributed by atoms with Crippen LogP contribution >= 0.6 is 0 Å². The third kappa shape index (κ3) is 1.83. The second-order valence-corrected chi connectivity index (χ2v) is 3.72. The summed E-state index contributed by atoms with van der Waals surface area (Å²) >= 11 is 0. The number of hydrogen-bond acceptors (Lipinski definition) is 2. The van der Waals surface area contributed by atoms with E-state index in [2.05, 4.69) is 10.3 Å². The molecule has 0 aliphatic rings. The quantitative estimate of drug-likeness (QED) is 0.810. The lowest BCUT2D eigenvalue weighted by molar-refractivity contribution is -0.118. The number of carbonyl (C=O) groups excluding carboxylic acids is 1. The Morgan fingerprint density at radius 2 is 2.27 bits per heavy atom. The van der Waals surface area contributed by atoms with Gasteiger partial charge in [-0.1, -0.05) is 13.8 Å². The first-order chi connectivity index (χ1) is 7.18. The highest BCUT2D eigenvalue weighted by Gasteiger charge is 2.09. The minimum Gasteiger partial charge on any atom is -0.323 e. The van der Waals surface area contributed by atoms with E-state index in [4.69, 9.17) is 0 Å². The molecule has 0 aliphatic heterocycles. The SMILES string of the molecule is CC(C)C(=O)Nc1cccn2ccnc12. The molecule has 4 heteroatoms. The normalized spacial score (nSPS) is 10.9. The average molecular weight is 203 g/mol. The molecule has 1 amide bonds. The van der Waals surface area contributed by atoms with Crippen LogP contribution in [0.1, 0.15) is 13.8 Å². The predicted octanol–water partition coefficient (Wildman–Crippen LogP) is 1.93. The molecule has 0 atom stereocenters. The zero-order valence-electron chi connectivity index (χ0n) is 8.77. The van der Waals surface area contributed by atoms with Gasteiger partial charge in [-0.05, 0) is 12.1 Å². The van der Waals surface area contributed by atoms with Crippen molar-refractivity contribution < 1.29 is 4.79 Å². The van der Waals surface area contributed by atoms with Gasteiger partial charge in [-0.3, -0.25) is 4.79 Å². The van der Waals surface area contributed by atoms with E-state index in [9.17, 15) is 4.79 Å². The van der Waals surface area contributed by atoms with E-state index < -0.39 is 0 Å². The molecule has 2 aromatic rings. The van der Waals surface area contributed by atoms with Gasteiger partial charge in [0.2, 0.25) is 5.91 Å². The molecule has 78 valence electrons. The summed E-state index contributed by atoms with van der Waals surface area (Å²) in [6, 6.07) is 3.73. The Labute approximate surface area is 87.9 Å². The summed E-state index contributed by atoms with van der Waals surface area (Å²) < 4.78 is 1.87. The number of nitrogens with one attached hydrogen (secondary N) is 1. The first-order valence-electron chi connectivity index (χ1n) is 4.91. The van der Waals surface area contributed by atoms with Crippen LogP contribution in [-0.4, -0.2) is 15.3 Å². The third-order valence-electron chi connectivity index (χ3n) is 2.20. The summed E-state index contributed by atoms with van der Waals surface area (Å²) in [4.78, 5) is 15.7. The highest BCUT2D eigenvalue weighted by molar-refractivity contribution is 5.95. The van der Waals surface area contributed by atoms with Gasteiger partial charge in [-0.2, -0.15) is 0 Å². The van der Waals surface area contributed by atoms with Crippen LogP contribution in [-0.2, 0) is 4.79 Å². The van der Waals surface area contributed by atoms with Gasteiger partial charge in [-0.15, -0.1) is 0 Å². The molecule has 0 aliphatic carbocycles. The lowest BCUT2D eigenvalue weighted by Crippen LogP contribution is -2.18. The van der Waals surface area contributed by atoms with E-state index in [1.54, 1.807) is 6.20 Å². The van der Waals surface area contributed by atoms with Crippen LogP contribution < -0.4 is 5.32 Å². The van der Waals surface area contributed by atoms with Crippen LogP contribution in [0, 0.1) is 5.92 Å². The lowest BCUT2D eigenvalue weighted by Gasteiger charge is -2.08. The van der Waals surface area contributed by atoms with Crippen LogP contribution in [0.5, 0.6) is 0 Å². The maximum Gasteiger partial charge on any atom is 0.227 e. The second kappa shape index (κ2) is 3.73. The molecule has 0 fully saturated rings. The second-order valence-electron chi connectivity index (χ2n) is 3.72. The van der Waals surface area contributed by atoms with E-state index in [-0.39, 0.29) is 11.8 Å². The summed E-state index contributed by atoms with van der Waals surface area (Å²) in [5, 5.41) is 2.85. The molecule has 1 N–H and O–H groups in total. The van der Waals surface area contributed by atoms with Gasteiger partial charge in [0.15, 0.2) is 5.65 Å². The van der Waals surface area contributed by atoms with Crippen LogP contribution in [0.2, 0.25) is 0 Å². The van der Waals surface area contributed by atoms with Crippen molar-refractivity contribution in [3.63, 3.8) is 0 Å². The Hall–Kier alpha value is -1.84. The van der Waals surface area contributed by atoms with Crippen LogP contribution in [0.3, 0.4) is 0 Å². The number of amides is 1. The first kappa shape index (κ1) is 9.71. The molecule has 15 heavy (non-hydrogen) atoms. The number of imidazole rings is 1. The maximum absolute atomic E-state index is 11.5. The highest BCUT2D eigenvalue weighted by Crippen LogP contribution is 2.15. The fraction of sp³-hybridized carbons (Fsp3) is 0.273. The maximum atomic E-state index is 11.5. The van der Waals surface area contributed by atoms with Crippen molar-refractivity contribution >= 4 is 17.2 Å². The fourth-order valence-electron chi connectivity index (χ4n) is 1.32. The van der Waals surface area contributed by atoms with Crippen molar-refractivity contribution in [1.29, 1.82) is 0 Å². The third-order valence-corrected chi connectivity index (χ3v) is 2.20. The molecule has 4 nitrogen and oxygen atoms in total. The smallest absolute Gasteiger partial charge is 0.227 e. The molecule has 0 bridgehead atoms. The van der Waals surface area contributed by atoms with E-state index in [1.807, 2.05) is 42.8 Å². The first-order valence-corrected chi connectivity index (χ1v) is 4.91. The van der Waals surface area contributed by atoms with Crippen molar-refractivity contribution in [3.05, 3.63) is 30.7 Å². The molecule has 2 rings (SSSR count). The molecule has 0 saturated heterocycles. The number of rotatable bonds is 2. The van der Waals surface area contributed by atoms with Crippen molar-refractivity contribution in [2.75, 3.05) is 5.32 Å². The Bertz CT molecular complexity index is 487. The minimum absolute atomic E-state index is 0.00565. The zero-order chi connectivity index (χ0) is 10.8. The minimum atomic E-state index is -0.0276. The molecule has 0 radical (unpaired) electrons. The molecule has 0 saturated carbocycles. The molecular formula is C11H13N3O. The van der Waals surface area contributed by atoms with Gasteiger partial charge >= 0.3 is 0 Å². The summed E-state index contributed by atoms with van der Waals surface area (Å²) in [7, 11) is 0. The van der Waals surface area contributed by atoms with Crippen LogP contribution in [0.15, 0.2) is 30.7 Å². The van der Waals surface area contributed by atoms with Crippen LogP contribution in [0.4, 0.5) is 5.69 Å². The van der Waals surface area contributed by atoms with Gasteiger partial charge in [0, 0.05) is 24.5 Å². The summed E-state index contributed by atoms with van der Waals surface area (Å²) in [5.74, 6) is -0.0219. The van der Waals surface area contributed by atoms with E-state index in [1.165, 1.54) is 0 Å². The van der Waals surface area contributed by atoms with Crippen molar-refractivity contribution in [3.8, 4) is 0 Å². The number of carbonyl (C=O) groups is 1. The van der Waals surface area contributed by atoms with Crippen molar-refractivity contribution in [2.24, 2.45) is 5.92 Å². The summed E-state index contributed by atoms with van der Waals surface area (Å²) in [5.41, 5.74) is 1.52. The molecular weight excluding hydrogens is 190 g/mol. The summed E-state index contributed by atoms with van der Waals surface area (Å²) in [6.45, 7) is 3.72. The predicted molar refractivity (Wildman–Crippen MR) is 58.7 cm³/mol. The van der Waals surface area contributed by atoms with Crippen molar-refractivity contribution in [1.82, 2.24) is 9.38 Å². The highest BCUT2D eigenvalue weighted by atomic mass is 16.1. The number of hydrogen-bond donors (Lipinski definition) is 1. The van der Waals surface area contributed by atoms with E-state index >= 15 is 0 Å². The average Bonchev–Trinajstić information content (AvgIpc) is 2.66. The van der Waals surface area contributed by atoms with Gasteiger partial charge < -0.3 is 9.72 Å². The summed E-state index contributed by atoms with van der Waals surface area (Å²) in [6.07, 6.45) is 5.45. The number of fused-ring (bicyclic) bond motifs is 1. The lowest BCUT2D eigenvalue weighted by atomic mass is 10.2. The number of anilines is 1. The molecule has 0 aromatic carbocycles. The Morgan fingerprint density at radius 1 is 1.47 bits per heavy atom. The standard InChI is InChI=1S/C11H13N3O/c1-8(2)11(15)13-9-4-3-6-14-7-5-12-10(9)14/h3-8H,1-2H3,(H,13,15). The topological polar surface area (TPSA) is 46.4 Å². The molecule has 0 spiro atoms.